The van der Waals surface area contributed by atoms with Crippen LogP contribution in [-0.4, -0.2) is 16.3 Å². The Bertz CT molecular complexity index is 408. The summed E-state index contributed by atoms with van der Waals surface area (Å²) in [5.74, 6) is 0. The minimum atomic E-state index is 0.311. The molecule has 0 radical (unpaired) electrons. The normalized spacial score (nSPS) is 19.8. The van der Waals surface area contributed by atoms with Gasteiger partial charge in [-0.05, 0) is 38.1 Å². The molecule has 1 saturated carbocycles. The first-order valence-electron chi connectivity index (χ1n) is 7.57. The Hall–Kier alpha value is -0.540. The van der Waals surface area contributed by atoms with Crippen molar-refractivity contribution in [3.8, 4) is 0 Å². The molecule has 3 nitrogen and oxygen atoms in total. The first kappa shape index (κ1) is 14.9. The zero-order valence-electron chi connectivity index (χ0n) is 12.4. The van der Waals surface area contributed by atoms with Gasteiger partial charge >= 0.3 is 0 Å². The fraction of sp³-hybridized carbons (Fsp3) is 0.800. The van der Waals surface area contributed by atoms with Gasteiger partial charge in [-0.3, -0.25) is 4.68 Å². The summed E-state index contributed by atoms with van der Waals surface area (Å²) < 4.78 is 2.05. The van der Waals surface area contributed by atoms with Crippen LogP contribution in [0, 0.1) is 5.41 Å². The molecule has 108 valence electrons. The summed E-state index contributed by atoms with van der Waals surface area (Å²) in [6, 6.07) is 0.324. The molecule has 0 spiro atoms. The van der Waals surface area contributed by atoms with E-state index in [0.717, 1.165) is 24.5 Å². The highest BCUT2D eigenvalue weighted by Crippen LogP contribution is 2.48. The van der Waals surface area contributed by atoms with E-state index in [-0.39, 0.29) is 0 Å². The molecule has 19 heavy (non-hydrogen) atoms. The Morgan fingerprint density at radius 1 is 1.42 bits per heavy atom. The van der Waals surface area contributed by atoms with Gasteiger partial charge in [0.15, 0.2) is 0 Å². The van der Waals surface area contributed by atoms with Gasteiger partial charge in [0.1, 0.15) is 0 Å². The average Bonchev–Trinajstić information content (AvgIpc) is 2.98. The topological polar surface area (TPSA) is 29.9 Å². The van der Waals surface area contributed by atoms with E-state index in [1.165, 1.54) is 31.4 Å². The molecule has 1 aromatic heterocycles. The van der Waals surface area contributed by atoms with Crippen molar-refractivity contribution >= 4 is 11.6 Å². The van der Waals surface area contributed by atoms with Crippen molar-refractivity contribution in [1.82, 2.24) is 15.1 Å². The number of nitrogens with zero attached hydrogens (tertiary/aromatic N) is 2. The predicted molar refractivity (Wildman–Crippen MR) is 80.5 cm³/mol. The summed E-state index contributed by atoms with van der Waals surface area (Å²) in [6.07, 6.45) is 8.15. The molecule has 1 heterocycles. The Kier molecular flexibility index (Phi) is 4.91. The van der Waals surface area contributed by atoms with Crippen molar-refractivity contribution < 1.29 is 0 Å². The van der Waals surface area contributed by atoms with E-state index in [9.17, 15) is 0 Å². The van der Waals surface area contributed by atoms with Crippen LogP contribution in [0.2, 0.25) is 5.02 Å². The molecule has 0 saturated heterocycles. The zero-order valence-corrected chi connectivity index (χ0v) is 13.1. The fourth-order valence-corrected chi connectivity index (χ4v) is 3.59. The van der Waals surface area contributed by atoms with E-state index in [4.69, 9.17) is 11.6 Å². The van der Waals surface area contributed by atoms with Crippen LogP contribution in [0.15, 0.2) is 6.20 Å². The standard InChI is InChI=1S/C15H26ClN3/c1-4-10-17-14(15(3)8-6-7-9-15)13-12(16)11-18-19(13)5-2/h11,14,17H,4-10H2,1-3H3. The van der Waals surface area contributed by atoms with Gasteiger partial charge in [-0.2, -0.15) is 5.10 Å². The molecule has 1 aliphatic carbocycles. The van der Waals surface area contributed by atoms with Crippen molar-refractivity contribution in [3.05, 3.63) is 16.9 Å². The zero-order chi connectivity index (χ0) is 13.9. The number of halogens is 1. The Labute approximate surface area is 121 Å². The second-order valence-corrected chi connectivity index (χ2v) is 6.35. The number of nitrogens with one attached hydrogen (secondary N) is 1. The Morgan fingerprint density at radius 2 is 2.11 bits per heavy atom. The maximum atomic E-state index is 6.41. The van der Waals surface area contributed by atoms with Crippen LogP contribution in [0.1, 0.15) is 64.6 Å². The third-order valence-corrected chi connectivity index (χ3v) is 4.74. The van der Waals surface area contributed by atoms with Crippen LogP contribution in [0.25, 0.3) is 0 Å². The number of aryl methyl sites for hydroxylation is 1. The van der Waals surface area contributed by atoms with Crippen LogP contribution < -0.4 is 5.32 Å². The van der Waals surface area contributed by atoms with Crippen molar-refractivity contribution in [2.75, 3.05) is 6.54 Å². The highest BCUT2D eigenvalue weighted by Gasteiger charge is 2.40. The van der Waals surface area contributed by atoms with Crippen molar-refractivity contribution in [1.29, 1.82) is 0 Å². The van der Waals surface area contributed by atoms with E-state index in [1.807, 2.05) is 0 Å². The summed E-state index contributed by atoms with van der Waals surface area (Å²) in [7, 11) is 0. The monoisotopic (exact) mass is 283 g/mol. The van der Waals surface area contributed by atoms with Gasteiger partial charge in [-0.1, -0.05) is 38.3 Å². The van der Waals surface area contributed by atoms with Crippen LogP contribution in [0.3, 0.4) is 0 Å². The summed E-state index contributed by atoms with van der Waals surface area (Å²) in [5, 5.41) is 8.94. The largest absolute Gasteiger partial charge is 0.308 e. The van der Waals surface area contributed by atoms with Crippen LogP contribution in [0.5, 0.6) is 0 Å². The van der Waals surface area contributed by atoms with Crippen molar-refractivity contribution in [2.24, 2.45) is 5.41 Å². The molecule has 1 aromatic rings. The molecule has 1 N–H and O–H groups in total. The van der Waals surface area contributed by atoms with Gasteiger partial charge in [0.25, 0.3) is 0 Å². The number of hydrogen-bond donors (Lipinski definition) is 1. The second kappa shape index (κ2) is 6.27. The molecule has 0 bridgehead atoms. The number of hydrogen-bond acceptors (Lipinski definition) is 2. The second-order valence-electron chi connectivity index (χ2n) is 5.94. The summed E-state index contributed by atoms with van der Waals surface area (Å²) in [5.41, 5.74) is 1.49. The molecule has 0 aliphatic heterocycles. The van der Waals surface area contributed by atoms with Gasteiger partial charge in [0.2, 0.25) is 0 Å². The van der Waals surface area contributed by atoms with E-state index in [2.05, 4.69) is 35.9 Å². The van der Waals surface area contributed by atoms with E-state index in [0.29, 0.717) is 11.5 Å². The number of aromatic nitrogens is 2. The average molecular weight is 284 g/mol. The molecule has 0 aromatic carbocycles. The van der Waals surface area contributed by atoms with Gasteiger partial charge < -0.3 is 5.32 Å². The third-order valence-electron chi connectivity index (χ3n) is 4.45. The summed E-state index contributed by atoms with van der Waals surface area (Å²) >= 11 is 6.41. The third kappa shape index (κ3) is 2.97. The molecular weight excluding hydrogens is 258 g/mol. The fourth-order valence-electron chi connectivity index (χ4n) is 3.34. The highest BCUT2D eigenvalue weighted by atomic mass is 35.5. The van der Waals surface area contributed by atoms with E-state index in [1.54, 1.807) is 6.20 Å². The van der Waals surface area contributed by atoms with Crippen LogP contribution in [-0.2, 0) is 6.54 Å². The molecule has 0 amide bonds. The quantitative estimate of drug-likeness (QED) is 0.849. The smallest absolute Gasteiger partial charge is 0.0834 e. The molecular formula is C15H26ClN3. The van der Waals surface area contributed by atoms with Crippen molar-refractivity contribution in [3.63, 3.8) is 0 Å². The minimum Gasteiger partial charge on any atom is -0.308 e. The lowest BCUT2D eigenvalue weighted by molar-refractivity contribution is 0.213. The first-order valence-corrected chi connectivity index (χ1v) is 7.94. The Morgan fingerprint density at radius 3 is 2.68 bits per heavy atom. The summed E-state index contributed by atoms with van der Waals surface area (Å²) in [6.45, 7) is 8.64. The molecule has 1 atom stereocenters. The highest BCUT2D eigenvalue weighted by molar-refractivity contribution is 6.31. The first-order chi connectivity index (χ1) is 9.12. The maximum absolute atomic E-state index is 6.41. The Balaban J connectivity index is 2.33. The molecule has 1 unspecified atom stereocenters. The lowest BCUT2D eigenvalue weighted by Crippen LogP contribution is -2.36. The van der Waals surface area contributed by atoms with Crippen LogP contribution in [0.4, 0.5) is 0 Å². The SMILES string of the molecule is CCCNC(c1c(Cl)cnn1CC)C1(C)CCCC1. The molecule has 1 fully saturated rings. The van der Waals surface area contributed by atoms with Crippen LogP contribution >= 0.6 is 11.6 Å². The van der Waals surface area contributed by atoms with E-state index >= 15 is 0 Å². The lowest BCUT2D eigenvalue weighted by Gasteiger charge is -2.35. The van der Waals surface area contributed by atoms with Gasteiger partial charge in [0, 0.05) is 6.54 Å². The summed E-state index contributed by atoms with van der Waals surface area (Å²) in [4.78, 5) is 0. The van der Waals surface area contributed by atoms with Crippen molar-refractivity contribution in [2.45, 2.75) is 65.5 Å². The maximum Gasteiger partial charge on any atom is 0.0834 e. The lowest BCUT2D eigenvalue weighted by atomic mass is 9.79. The van der Waals surface area contributed by atoms with Gasteiger partial charge in [0.05, 0.1) is 23.0 Å². The number of rotatable bonds is 6. The molecule has 2 rings (SSSR count). The molecule has 4 heteroatoms. The van der Waals surface area contributed by atoms with Gasteiger partial charge in [-0.15, -0.1) is 0 Å². The minimum absolute atomic E-state index is 0.311. The van der Waals surface area contributed by atoms with E-state index < -0.39 is 0 Å². The predicted octanol–water partition coefficient (Wildman–Crippen LogP) is 4.18. The molecule has 1 aliphatic rings. The van der Waals surface area contributed by atoms with Gasteiger partial charge in [-0.25, -0.2) is 0 Å².